The minimum absolute atomic E-state index is 0.315. The molecule has 0 radical (unpaired) electrons. The van der Waals surface area contributed by atoms with Crippen LogP contribution in [0.5, 0.6) is 0 Å². The van der Waals surface area contributed by atoms with Gasteiger partial charge in [-0.3, -0.25) is 9.59 Å². The fourth-order valence-corrected chi connectivity index (χ4v) is 2.54. The van der Waals surface area contributed by atoms with Gasteiger partial charge in [0.2, 0.25) is 5.91 Å². The smallest absolute Gasteiger partial charge is 0.254 e. The molecule has 0 fully saturated rings. The molecule has 0 saturated carbocycles. The molecule has 0 saturated heterocycles. The molecular weight excluding hydrogens is 417 g/mol. The Morgan fingerprint density at radius 2 is 1.87 bits per heavy atom. The Hall–Kier alpha value is -2.03. The van der Waals surface area contributed by atoms with Gasteiger partial charge >= 0.3 is 0 Å². The van der Waals surface area contributed by atoms with Crippen LogP contribution in [0, 0.1) is 22.1 Å². The molecule has 23 heavy (non-hydrogen) atoms. The van der Waals surface area contributed by atoms with E-state index in [0.717, 1.165) is 21.3 Å². The van der Waals surface area contributed by atoms with Crippen LogP contribution in [0.2, 0.25) is 0 Å². The Bertz CT molecular complexity index is 766. The van der Waals surface area contributed by atoms with E-state index in [1.165, 1.54) is 0 Å². The molecule has 2 amide bonds. The number of amides is 2. The Kier molecular flexibility index (Phi) is 5.64. The molecule has 0 aliphatic carbocycles. The molecule has 2 aromatic carbocycles. The number of hydrogen-bond donors (Lipinski definition) is 2. The van der Waals surface area contributed by atoms with Crippen molar-refractivity contribution in [2.75, 3.05) is 11.9 Å². The van der Waals surface area contributed by atoms with Gasteiger partial charge < -0.3 is 10.6 Å². The fourth-order valence-electron chi connectivity index (χ4n) is 1.89. The van der Waals surface area contributed by atoms with E-state index < -0.39 is 23.4 Å². The van der Waals surface area contributed by atoms with Crippen LogP contribution in [0.3, 0.4) is 0 Å². The van der Waals surface area contributed by atoms with Gasteiger partial charge in [-0.05, 0) is 65.4 Å². The van der Waals surface area contributed by atoms with Gasteiger partial charge in [0.05, 0.1) is 12.1 Å². The molecule has 0 aromatic heterocycles. The number of halogens is 3. The van der Waals surface area contributed by atoms with E-state index in [-0.39, 0.29) is 12.1 Å². The molecule has 0 aliphatic rings. The molecule has 0 heterocycles. The highest BCUT2D eigenvalue weighted by molar-refractivity contribution is 14.1. The second-order valence-corrected chi connectivity index (χ2v) is 6.06. The zero-order valence-electron chi connectivity index (χ0n) is 12.1. The number of carbonyl (C=O) groups is 2. The minimum atomic E-state index is -0.976. The summed E-state index contributed by atoms with van der Waals surface area (Å²) in [7, 11) is 0. The Morgan fingerprint density at radius 1 is 1.13 bits per heavy atom. The maximum Gasteiger partial charge on any atom is 0.254 e. The van der Waals surface area contributed by atoms with E-state index >= 15 is 0 Å². The molecule has 0 spiro atoms. The lowest BCUT2D eigenvalue weighted by molar-refractivity contribution is -0.115. The van der Waals surface area contributed by atoms with Gasteiger partial charge in [0.1, 0.15) is 11.6 Å². The van der Waals surface area contributed by atoms with E-state index in [4.69, 9.17) is 0 Å². The Morgan fingerprint density at radius 3 is 2.52 bits per heavy atom. The van der Waals surface area contributed by atoms with Crippen molar-refractivity contribution >= 4 is 40.1 Å². The summed E-state index contributed by atoms with van der Waals surface area (Å²) in [6.07, 6.45) is 0. The second-order valence-electron chi connectivity index (χ2n) is 4.81. The van der Waals surface area contributed by atoms with Crippen LogP contribution in [0.1, 0.15) is 15.9 Å². The van der Waals surface area contributed by atoms with Crippen molar-refractivity contribution in [1.29, 1.82) is 0 Å². The van der Waals surface area contributed by atoms with E-state index in [2.05, 4.69) is 33.2 Å². The van der Waals surface area contributed by atoms with Crippen molar-refractivity contribution < 1.29 is 18.4 Å². The summed E-state index contributed by atoms with van der Waals surface area (Å²) in [6, 6.07) is 8.13. The summed E-state index contributed by atoms with van der Waals surface area (Å²) in [5.41, 5.74) is 1.21. The monoisotopic (exact) mass is 430 g/mol. The highest BCUT2D eigenvalue weighted by Crippen LogP contribution is 2.17. The number of carbonyl (C=O) groups excluding carboxylic acids is 2. The van der Waals surface area contributed by atoms with Crippen LogP contribution in [0.15, 0.2) is 36.4 Å². The van der Waals surface area contributed by atoms with Crippen molar-refractivity contribution in [3.8, 4) is 0 Å². The summed E-state index contributed by atoms with van der Waals surface area (Å²) >= 11 is 2.16. The third kappa shape index (κ3) is 4.72. The number of rotatable bonds is 4. The van der Waals surface area contributed by atoms with Crippen molar-refractivity contribution in [3.63, 3.8) is 0 Å². The first kappa shape index (κ1) is 17.3. The zero-order chi connectivity index (χ0) is 17.0. The van der Waals surface area contributed by atoms with Crippen molar-refractivity contribution in [2.24, 2.45) is 0 Å². The predicted molar refractivity (Wildman–Crippen MR) is 91.2 cm³/mol. The lowest BCUT2D eigenvalue weighted by Crippen LogP contribution is -2.33. The molecule has 2 N–H and O–H groups in total. The first-order chi connectivity index (χ1) is 10.9. The summed E-state index contributed by atoms with van der Waals surface area (Å²) in [5.74, 6) is -2.97. The van der Waals surface area contributed by atoms with Gasteiger partial charge in [-0.2, -0.15) is 0 Å². The molecular formula is C16H13F2IN2O2. The molecule has 2 rings (SSSR count). The molecule has 0 unspecified atom stereocenters. The summed E-state index contributed by atoms with van der Waals surface area (Å²) in [6.45, 7) is 1.53. The number of aryl methyl sites for hydroxylation is 1. The highest BCUT2D eigenvalue weighted by atomic mass is 127. The zero-order valence-corrected chi connectivity index (χ0v) is 14.3. The van der Waals surface area contributed by atoms with E-state index in [9.17, 15) is 18.4 Å². The average Bonchev–Trinajstić information content (AvgIpc) is 2.48. The molecule has 120 valence electrons. The van der Waals surface area contributed by atoms with Crippen LogP contribution >= 0.6 is 22.6 Å². The summed E-state index contributed by atoms with van der Waals surface area (Å²) in [4.78, 5) is 23.6. The maximum absolute atomic E-state index is 13.5. The van der Waals surface area contributed by atoms with E-state index in [0.29, 0.717) is 11.8 Å². The van der Waals surface area contributed by atoms with E-state index in [1.807, 2.05) is 19.1 Å². The summed E-state index contributed by atoms with van der Waals surface area (Å²) in [5, 5.41) is 4.95. The largest absolute Gasteiger partial charge is 0.343 e. The molecule has 2 aromatic rings. The van der Waals surface area contributed by atoms with Crippen LogP contribution in [-0.4, -0.2) is 18.4 Å². The Balaban J connectivity index is 1.94. The molecule has 4 nitrogen and oxygen atoms in total. The normalized spacial score (nSPS) is 10.3. The maximum atomic E-state index is 13.5. The van der Waals surface area contributed by atoms with Crippen molar-refractivity contribution in [3.05, 3.63) is 62.7 Å². The lowest BCUT2D eigenvalue weighted by atomic mass is 10.2. The van der Waals surface area contributed by atoms with Crippen LogP contribution < -0.4 is 10.6 Å². The van der Waals surface area contributed by atoms with Gasteiger partial charge in [-0.25, -0.2) is 8.78 Å². The number of benzene rings is 2. The predicted octanol–water partition coefficient (Wildman–Crippen LogP) is 3.25. The second kappa shape index (κ2) is 7.49. The fraction of sp³-hybridized carbons (Fsp3) is 0.125. The number of hydrogen-bond acceptors (Lipinski definition) is 2. The average molecular weight is 430 g/mol. The topological polar surface area (TPSA) is 58.2 Å². The molecule has 0 atom stereocenters. The van der Waals surface area contributed by atoms with Gasteiger partial charge in [0.15, 0.2) is 0 Å². The quantitative estimate of drug-likeness (QED) is 0.732. The number of nitrogens with one attached hydrogen (secondary N) is 2. The molecule has 7 heteroatoms. The van der Waals surface area contributed by atoms with E-state index in [1.54, 1.807) is 6.07 Å². The van der Waals surface area contributed by atoms with Crippen molar-refractivity contribution in [1.82, 2.24) is 5.32 Å². The third-order valence-corrected chi connectivity index (χ3v) is 3.72. The summed E-state index contributed by atoms with van der Waals surface area (Å²) < 4.78 is 27.3. The standard InChI is InChI=1S/C16H13F2IN2O2/c1-9-6-11(19)3-5-14(9)21-15(22)8-20-16(23)12-4-2-10(17)7-13(12)18/h2-7H,8H2,1H3,(H,20,23)(H,21,22). The van der Waals surface area contributed by atoms with Gasteiger partial charge in [-0.15, -0.1) is 0 Å². The molecule has 0 aliphatic heterocycles. The van der Waals surface area contributed by atoms with Gasteiger partial charge in [-0.1, -0.05) is 0 Å². The third-order valence-electron chi connectivity index (χ3n) is 3.05. The first-order valence-electron chi connectivity index (χ1n) is 6.66. The lowest BCUT2D eigenvalue weighted by Gasteiger charge is -2.10. The Labute approximate surface area is 145 Å². The van der Waals surface area contributed by atoms with Crippen LogP contribution in [0.25, 0.3) is 0 Å². The van der Waals surface area contributed by atoms with Gasteiger partial charge in [0, 0.05) is 15.3 Å². The van der Waals surface area contributed by atoms with Crippen LogP contribution in [0.4, 0.5) is 14.5 Å². The number of anilines is 1. The highest BCUT2D eigenvalue weighted by Gasteiger charge is 2.13. The first-order valence-corrected chi connectivity index (χ1v) is 7.74. The van der Waals surface area contributed by atoms with Crippen molar-refractivity contribution in [2.45, 2.75) is 6.92 Å². The minimum Gasteiger partial charge on any atom is -0.343 e. The van der Waals surface area contributed by atoms with Gasteiger partial charge in [0.25, 0.3) is 5.91 Å². The van der Waals surface area contributed by atoms with Crippen LogP contribution in [-0.2, 0) is 4.79 Å². The molecule has 0 bridgehead atoms. The SMILES string of the molecule is Cc1cc(I)ccc1NC(=O)CNC(=O)c1ccc(F)cc1F.